The third-order valence-electron chi connectivity index (χ3n) is 2.98. The van der Waals surface area contributed by atoms with E-state index < -0.39 is 37.2 Å². The average Bonchev–Trinajstić information content (AvgIpc) is 2.37. The molecule has 0 atom stereocenters. The van der Waals surface area contributed by atoms with E-state index >= 15 is 0 Å². The van der Waals surface area contributed by atoms with Gasteiger partial charge in [-0.2, -0.15) is 13.2 Å². The summed E-state index contributed by atoms with van der Waals surface area (Å²) in [5.41, 5.74) is -1.33. The number of carbonyl (C=O) groups is 1. The molecule has 0 unspecified atom stereocenters. The second-order valence-corrected chi connectivity index (χ2v) is 8.26. The van der Waals surface area contributed by atoms with Gasteiger partial charge >= 0.3 is 12.1 Å². The van der Waals surface area contributed by atoms with Gasteiger partial charge in [-0.15, -0.1) is 0 Å². The number of halogens is 4. The summed E-state index contributed by atoms with van der Waals surface area (Å²) < 4.78 is 67.0. The summed E-state index contributed by atoms with van der Waals surface area (Å²) in [5.74, 6) is -1.11. The van der Waals surface area contributed by atoms with Gasteiger partial charge in [-0.25, -0.2) is 8.42 Å². The zero-order valence-electron chi connectivity index (χ0n) is 12.0. The molecule has 0 bridgehead atoms. The topological polar surface area (TPSA) is 60.4 Å². The van der Waals surface area contributed by atoms with Gasteiger partial charge in [0.25, 0.3) is 0 Å². The summed E-state index contributed by atoms with van der Waals surface area (Å²) in [6, 6.07) is 2.57. The lowest BCUT2D eigenvalue weighted by molar-refractivity contribution is -0.145. The number of ether oxygens (including phenoxy) is 1. The summed E-state index contributed by atoms with van der Waals surface area (Å²) in [4.78, 5) is 10.9. The summed E-state index contributed by atoms with van der Waals surface area (Å²) in [6.07, 6.45) is -4.87. The molecule has 0 radical (unpaired) electrons. The maximum atomic E-state index is 13.1. The minimum atomic E-state index is -4.87. The molecule has 0 N–H and O–H groups in total. The fourth-order valence-electron chi connectivity index (χ4n) is 1.64. The molecule has 0 aliphatic heterocycles. The fraction of sp³-hybridized carbons (Fsp3) is 0.462. The smallest absolute Gasteiger partial charge is 0.417 e. The molecular formula is C13H14BrF3O4S. The molecule has 0 aromatic heterocycles. The van der Waals surface area contributed by atoms with Crippen LogP contribution in [0.1, 0.15) is 26.3 Å². The van der Waals surface area contributed by atoms with Crippen molar-refractivity contribution in [1.82, 2.24) is 0 Å². The lowest BCUT2D eigenvalue weighted by Crippen LogP contribution is -2.42. The molecule has 9 heteroatoms. The quantitative estimate of drug-likeness (QED) is 0.722. The van der Waals surface area contributed by atoms with E-state index in [0.29, 0.717) is 6.07 Å². The average molecular weight is 403 g/mol. The van der Waals surface area contributed by atoms with Crippen LogP contribution in [0, 0.1) is 0 Å². The third-order valence-corrected chi connectivity index (χ3v) is 5.90. The number of benzene rings is 1. The Morgan fingerprint density at radius 3 is 2.27 bits per heavy atom. The molecule has 22 heavy (non-hydrogen) atoms. The zero-order valence-corrected chi connectivity index (χ0v) is 14.4. The number of sulfone groups is 1. The van der Waals surface area contributed by atoms with Gasteiger partial charge in [0.15, 0.2) is 14.6 Å². The first-order valence-corrected chi connectivity index (χ1v) is 8.42. The van der Waals surface area contributed by atoms with E-state index in [1.807, 2.05) is 0 Å². The van der Waals surface area contributed by atoms with Crippen LogP contribution in [-0.4, -0.2) is 25.7 Å². The molecule has 0 aliphatic rings. The number of esters is 1. The van der Waals surface area contributed by atoms with Crippen LogP contribution in [0.25, 0.3) is 0 Å². The molecule has 0 aliphatic carbocycles. The summed E-state index contributed by atoms with van der Waals surface area (Å²) in [5, 5.41) is 0. The Morgan fingerprint density at radius 2 is 1.82 bits per heavy atom. The van der Waals surface area contributed by atoms with Gasteiger partial charge in [0.05, 0.1) is 17.1 Å². The molecule has 1 aromatic rings. The van der Waals surface area contributed by atoms with E-state index in [2.05, 4.69) is 20.7 Å². The Balaban J connectivity index is 3.59. The van der Waals surface area contributed by atoms with Crippen LogP contribution in [-0.2, 0) is 25.5 Å². The van der Waals surface area contributed by atoms with E-state index in [0.717, 1.165) is 26.0 Å². The van der Waals surface area contributed by atoms with E-state index in [9.17, 15) is 26.4 Å². The molecule has 1 rings (SSSR count). The SMILES string of the molecule is CCOC(=O)C(C)(C)S(=O)(=O)c1cc(Br)ccc1C(F)(F)F. The molecule has 0 fully saturated rings. The number of hydrogen-bond acceptors (Lipinski definition) is 4. The molecule has 0 saturated carbocycles. The molecule has 1 aromatic carbocycles. The number of rotatable bonds is 4. The molecule has 4 nitrogen and oxygen atoms in total. The predicted octanol–water partition coefficient (Wildman–Crippen LogP) is 3.58. The van der Waals surface area contributed by atoms with Crippen molar-refractivity contribution in [3.05, 3.63) is 28.2 Å². The molecule has 0 amide bonds. The summed E-state index contributed by atoms with van der Waals surface area (Å²) in [7, 11) is -4.62. The summed E-state index contributed by atoms with van der Waals surface area (Å²) >= 11 is 2.94. The monoisotopic (exact) mass is 402 g/mol. The standard InChI is InChI=1S/C13H14BrF3O4S/c1-4-21-11(18)12(2,3)22(19,20)10-7-8(14)5-6-9(10)13(15,16)17/h5-7H,4H2,1-3H3. The Labute approximate surface area is 134 Å². The van der Waals surface area contributed by atoms with Gasteiger partial charge < -0.3 is 4.74 Å². The van der Waals surface area contributed by atoms with E-state index in [1.54, 1.807) is 0 Å². The highest BCUT2D eigenvalue weighted by Crippen LogP contribution is 2.39. The first-order chi connectivity index (χ1) is 9.85. The van der Waals surface area contributed by atoms with Crippen molar-refractivity contribution in [2.75, 3.05) is 6.61 Å². The Kier molecular flexibility index (Phi) is 5.34. The molecule has 0 spiro atoms. The third kappa shape index (κ3) is 3.45. The maximum absolute atomic E-state index is 13.1. The van der Waals surface area contributed by atoms with Crippen molar-refractivity contribution in [2.45, 2.75) is 36.6 Å². The van der Waals surface area contributed by atoms with Crippen LogP contribution >= 0.6 is 15.9 Å². The first-order valence-electron chi connectivity index (χ1n) is 6.14. The van der Waals surface area contributed by atoms with Gasteiger partial charge in [-0.05, 0) is 39.0 Å². The minimum Gasteiger partial charge on any atom is -0.465 e. The van der Waals surface area contributed by atoms with Gasteiger partial charge in [0.2, 0.25) is 0 Å². The second kappa shape index (κ2) is 6.19. The van der Waals surface area contributed by atoms with Crippen molar-refractivity contribution in [1.29, 1.82) is 0 Å². The molecule has 124 valence electrons. The van der Waals surface area contributed by atoms with Crippen LogP contribution in [0.2, 0.25) is 0 Å². The van der Waals surface area contributed by atoms with Crippen molar-refractivity contribution >= 4 is 31.7 Å². The number of alkyl halides is 3. The van der Waals surface area contributed by atoms with Crippen molar-refractivity contribution in [3.63, 3.8) is 0 Å². The van der Waals surface area contributed by atoms with Crippen molar-refractivity contribution in [3.8, 4) is 0 Å². The summed E-state index contributed by atoms with van der Waals surface area (Å²) in [6.45, 7) is 3.42. The fourth-order valence-corrected chi connectivity index (χ4v) is 3.74. The van der Waals surface area contributed by atoms with Gasteiger partial charge in [-0.3, -0.25) is 4.79 Å². The van der Waals surface area contributed by atoms with E-state index in [-0.39, 0.29) is 11.1 Å². The van der Waals surface area contributed by atoms with Crippen molar-refractivity contribution < 1.29 is 31.1 Å². The second-order valence-electron chi connectivity index (χ2n) is 4.87. The number of carbonyl (C=O) groups excluding carboxylic acids is 1. The highest BCUT2D eigenvalue weighted by Gasteiger charge is 2.48. The lowest BCUT2D eigenvalue weighted by Gasteiger charge is -2.24. The molecule has 0 saturated heterocycles. The normalized spacial score (nSPS) is 13.0. The van der Waals surface area contributed by atoms with E-state index in [1.165, 1.54) is 6.92 Å². The molecule has 0 heterocycles. The minimum absolute atomic E-state index is 0.0810. The Hall–Kier alpha value is -1.09. The largest absolute Gasteiger partial charge is 0.465 e. The van der Waals surface area contributed by atoms with Crippen LogP contribution in [0.3, 0.4) is 0 Å². The highest BCUT2D eigenvalue weighted by atomic mass is 79.9. The Bertz CT molecular complexity index is 681. The van der Waals surface area contributed by atoms with Gasteiger partial charge in [0.1, 0.15) is 0 Å². The Morgan fingerprint density at radius 1 is 1.27 bits per heavy atom. The van der Waals surface area contributed by atoms with Gasteiger partial charge in [-0.1, -0.05) is 15.9 Å². The highest BCUT2D eigenvalue weighted by molar-refractivity contribution is 9.10. The maximum Gasteiger partial charge on any atom is 0.417 e. The van der Waals surface area contributed by atoms with E-state index in [4.69, 9.17) is 0 Å². The predicted molar refractivity (Wildman–Crippen MR) is 77.0 cm³/mol. The zero-order chi connectivity index (χ0) is 17.3. The van der Waals surface area contributed by atoms with Crippen LogP contribution in [0.15, 0.2) is 27.6 Å². The van der Waals surface area contributed by atoms with Crippen LogP contribution in [0.5, 0.6) is 0 Å². The molecular weight excluding hydrogens is 389 g/mol. The lowest BCUT2D eigenvalue weighted by atomic mass is 10.2. The van der Waals surface area contributed by atoms with Crippen molar-refractivity contribution in [2.24, 2.45) is 0 Å². The van der Waals surface area contributed by atoms with Crippen LogP contribution < -0.4 is 0 Å². The first kappa shape index (κ1) is 19.0. The van der Waals surface area contributed by atoms with Crippen LogP contribution in [0.4, 0.5) is 13.2 Å². The number of hydrogen-bond donors (Lipinski definition) is 0. The van der Waals surface area contributed by atoms with Gasteiger partial charge in [0, 0.05) is 4.47 Å².